The van der Waals surface area contributed by atoms with Crippen LogP contribution in [0.5, 0.6) is 5.75 Å². The first-order chi connectivity index (χ1) is 15.1. The summed E-state index contributed by atoms with van der Waals surface area (Å²) < 4.78 is 24.9. The third-order valence-electron chi connectivity index (χ3n) is 5.65. The van der Waals surface area contributed by atoms with E-state index in [1.807, 2.05) is 24.3 Å². The first kappa shape index (κ1) is 21.3. The summed E-state index contributed by atoms with van der Waals surface area (Å²) in [5.74, 6) is 0.115. The standard InChI is InChI=1S/C24H27FN2O4/c25-19-6-3-5-18(15-19)16-26(17-20-7-4-13-30-20)23(28)10-11-24(29)27-12-14-31-22-9-2-1-8-21(22)27/h1-3,5-6,8-9,15,20H,4,7,10-14,16-17H2. The van der Waals surface area contributed by atoms with Crippen molar-refractivity contribution in [3.8, 4) is 5.75 Å². The molecule has 2 aromatic carbocycles. The minimum Gasteiger partial charge on any atom is -0.490 e. The fraction of sp³-hybridized carbons (Fsp3) is 0.417. The summed E-state index contributed by atoms with van der Waals surface area (Å²) in [6.45, 7) is 2.34. The molecule has 0 bridgehead atoms. The van der Waals surface area contributed by atoms with Gasteiger partial charge in [0.15, 0.2) is 0 Å². The predicted molar refractivity (Wildman–Crippen MR) is 114 cm³/mol. The Hall–Kier alpha value is -2.93. The molecule has 2 heterocycles. The number of hydrogen-bond donors (Lipinski definition) is 0. The van der Waals surface area contributed by atoms with E-state index in [4.69, 9.17) is 9.47 Å². The first-order valence-electron chi connectivity index (χ1n) is 10.8. The molecule has 0 spiro atoms. The second kappa shape index (κ2) is 9.92. The molecule has 1 unspecified atom stereocenters. The molecule has 164 valence electrons. The summed E-state index contributed by atoms with van der Waals surface area (Å²) in [5, 5.41) is 0. The van der Waals surface area contributed by atoms with Gasteiger partial charge in [-0.3, -0.25) is 9.59 Å². The van der Waals surface area contributed by atoms with Gasteiger partial charge in [0.1, 0.15) is 18.2 Å². The summed E-state index contributed by atoms with van der Waals surface area (Å²) in [7, 11) is 0. The maximum absolute atomic E-state index is 13.6. The number of carbonyl (C=O) groups is 2. The van der Waals surface area contributed by atoms with E-state index >= 15 is 0 Å². The maximum Gasteiger partial charge on any atom is 0.227 e. The number of halogens is 1. The van der Waals surface area contributed by atoms with Crippen molar-refractivity contribution in [2.75, 3.05) is 31.2 Å². The molecule has 0 saturated carbocycles. The third-order valence-corrected chi connectivity index (χ3v) is 5.65. The highest BCUT2D eigenvalue weighted by molar-refractivity contribution is 5.97. The Bertz CT molecular complexity index is 929. The smallest absolute Gasteiger partial charge is 0.227 e. The zero-order valence-corrected chi connectivity index (χ0v) is 17.5. The highest BCUT2D eigenvalue weighted by Gasteiger charge is 2.26. The Kier molecular flexibility index (Phi) is 6.82. The molecule has 0 radical (unpaired) electrons. The zero-order valence-electron chi connectivity index (χ0n) is 17.5. The number of nitrogens with zero attached hydrogens (tertiary/aromatic N) is 2. The van der Waals surface area contributed by atoms with Crippen LogP contribution in [0.25, 0.3) is 0 Å². The van der Waals surface area contributed by atoms with Crippen LogP contribution >= 0.6 is 0 Å². The van der Waals surface area contributed by atoms with Crippen LogP contribution in [0.3, 0.4) is 0 Å². The van der Waals surface area contributed by atoms with Crippen molar-refractivity contribution < 1.29 is 23.5 Å². The molecule has 2 aromatic rings. The lowest BCUT2D eigenvalue weighted by molar-refractivity contribution is -0.135. The summed E-state index contributed by atoms with van der Waals surface area (Å²) in [6.07, 6.45) is 2.07. The van der Waals surface area contributed by atoms with Crippen LogP contribution in [0.1, 0.15) is 31.2 Å². The van der Waals surface area contributed by atoms with Gasteiger partial charge in [0.2, 0.25) is 11.8 Å². The van der Waals surface area contributed by atoms with Gasteiger partial charge in [-0.15, -0.1) is 0 Å². The molecule has 7 heteroatoms. The van der Waals surface area contributed by atoms with Gasteiger partial charge >= 0.3 is 0 Å². The average molecular weight is 426 g/mol. The molecular weight excluding hydrogens is 399 g/mol. The second-order valence-corrected chi connectivity index (χ2v) is 7.90. The lowest BCUT2D eigenvalue weighted by Gasteiger charge is -2.30. The fourth-order valence-corrected chi connectivity index (χ4v) is 4.08. The van der Waals surface area contributed by atoms with E-state index in [9.17, 15) is 14.0 Å². The normalized spacial score (nSPS) is 17.7. The van der Waals surface area contributed by atoms with Crippen LogP contribution < -0.4 is 9.64 Å². The fourth-order valence-electron chi connectivity index (χ4n) is 4.08. The number of fused-ring (bicyclic) bond motifs is 1. The van der Waals surface area contributed by atoms with Gasteiger partial charge in [-0.2, -0.15) is 0 Å². The van der Waals surface area contributed by atoms with Crippen molar-refractivity contribution >= 4 is 17.5 Å². The van der Waals surface area contributed by atoms with Gasteiger partial charge in [-0.25, -0.2) is 4.39 Å². The van der Waals surface area contributed by atoms with E-state index in [-0.39, 0.29) is 36.6 Å². The van der Waals surface area contributed by atoms with Gasteiger partial charge in [0, 0.05) is 32.5 Å². The minimum absolute atomic E-state index is 0.0145. The molecule has 0 aromatic heterocycles. The summed E-state index contributed by atoms with van der Waals surface area (Å²) >= 11 is 0. The van der Waals surface area contributed by atoms with E-state index in [2.05, 4.69) is 0 Å². The van der Waals surface area contributed by atoms with E-state index in [0.29, 0.717) is 38.6 Å². The van der Waals surface area contributed by atoms with Crippen LogP contribution in [-0.4, -0.2) is 49.1 Å². The number of para-hydroxylation sites is 2. The molecule has 2 aliphatic rings. The summed E-state index contributed by atoms with van der Waals surface area (Å²) in [5.41, 5.74) is 1.46. The quantitative estimate of drug-likeness (QED) is 0.680. The van der Waals surface area contributed by atoms with Crippen LogP contribution in [-0.2, 0) is 20.9 Å². The molecule has 31 heavy (non-hydrogen) atoms. The van der Waals surface area contributed by atoms with Gasteiger partial charge in [0.25, 0.3) is 0 Å². The van der Waals surface area contributed by atoms with Gasteiger partial charge in [-0.05, 0) is 42.7 Å². The number of hydrogen-bond acceptors (Lipinski definition) is 4. The third kappa shape index (κ3) is 5.41. The van der Waals surface area contributed by atoms with Crippen molar-refractivity contribution in [3.05, 3.63) is 59.9 Å². The molecule has 1 saturated heterocycles. The minimum atomic E-state index is -0.330. The predicted octanol–water partition coefficient (Wildman–Crippen LogP) is 3.54. The highest BCUT2D eigenvalue weighted by atomic mass is 19.1. The molecule has 0 N–H and O–H groups in total. The maximum atomic E-state index is 13.6. The number of carbonyl (C=O) groups excluding carboxylic acids is 2. The Morgan fingerprint density at radius 2 is 1.97 bits per heavy atom. The van der Waals surface area contributed by atoms with Crippen molar-refractivity contribution in [2.24, 2.45) is 0 Å². The lowest BCUT2D eigenvalue weighted by atomic mass is 10.1. The Labute approximate surface area is 181 Å². The Balaban J connectivity index is 1.40. The largest absolute Gasteiger partial charge is 0.490 e. The summed E-state index contributed by atoms with van der Waals surface area (Å²) in [6, 6.07) is 13.7. The molecule has 6 nitrogen and oxygen atoms in total. The van der Waals surface area contributed by atoms with Crippen LogP contribution in [0.2, 0.25) is 0 Å². The first-order valence-corrected chi connectivity index (χ1v) is 10.8. The number of amides is 2. The van der Waals surface area contributed by atoms with Gasteiger partial charge < -0.3 is 19.3 Å². The molecule has 1 fully saturated rings. The zero-order chi connectivity index (χ0) is 21.6. The molecule has 2 aliphatic heterocycles. The molecule has 0 aliphatic carbocycles. The van der Waals surface area contributed by atoms with Crippen molar-refractivity contribution in [3.63, 3.8) is 0 Å². The lowest BCUT2D eigenvalue weighted by Crippen LogP contribution is -2.40. The highest BCUT2D eigenvalue weighted by Crippen LogP contribution is 2.31. The Morgan fingerprint density at radius 3 is 2.77 bits per heavy atom. The van der Waals surface area contributed by atoms with Crippen LogP contribution in [0, 0.1) is 5.82 Å². The monoisotopic (exact) mass is 426 g/mol. The second-order valence-electron chi connectivity index (χ2n) is 7.90. The number of benzene rings is 2. The van der Waals surface area contributed by atoms with Crippen molar-refractivity contribution in [1.29, 1.82) is 0 Å². The molecule has 1 atom stereocenters. The van der Waals surface area contributed by atoms with Crippen LogP contribution in [0.4, 0.5) is 10.1 Å². The van der Waals surface area contributed by atoms with Crippen molar-refractivity contribution in [2.45, 2.75) is 38.3 Å². The van der Waals surface area contributed by atoms with E-state index in [0.717, 1.165) is 24.1 Å². The molecular formula is C24H27FN2O4. The molecule has 4 rings (SSSR count). The van der Waals surface area contributed by atoms with E-state index < -0.39 is 0 Å². The van der Waals surface area contributed by atoms with E-state index in [1.165, 1.54) is 12.1 Å². The summed E-state index contributed by atoms with van der Waals surface area (Å²) in [4.78, 5) is 29.3. The van der Waals surface area contributed by atoms with Gasteiger partial charge in [-0.1, -0.05) is 24.3 Å². The SMILES string of the molecule is O=C(CCC(=O)N1CCOc2ccccc21)N(Cc1cccc(F)c1)CC1CCCO1. The topological polar surface area (TPSA) is 59.1 Å². The number of rotatable bonds is 7. The van der Waals surface area contributed by atoms with Crippen LogP contribution in [0.15, 0.2) is 48.5 Å². The van der Waals surface area contributed by atoms with E-state index in [1.54, 1.807) is 21.9 Å². The van der Waals surface area contributed by atoms with Crippen molar-refractivity contribution in [1.82, 2.24) is 4.90 Å². The number of anilines is 1. The average Bonchev–Trinajstić information content (AvgIpc) is 3.29. The number of ether oxygens (including phenoxy) is 2. The Morgan fingerprint density at radius 1 is 1.10 bits per heavy atom. The van der Waals surface area contributed by atoms with Gasteiger partial charge in [0.05, 0.1) is 18.3 Å². The molecule has 2 amide bonds.